The molecule has 0 spiro atoms. The molecule has 104 valence electrons. The van der Waals surface area contributed by atoms with Gasteiger partial charge in [0.05, 0.1) is 0 Å². The van der Waals surface area contributed by atoms with Crippen LogP contribution in [0, 0.1) is 0 Å². The Labute approximate surface area is 120 Å². The number of rotatable bonds is 6. The number of benzene rings is 1. The molecule has 6 heteroatoms. The molecule has 1 aromatic rings. The molecule has 0 saturated heterocycles. The molecule has 0 bridgehead atoms. The van der Waals surface area contributed by atoms with Crippen molar-refractivity contribution in [2.24, 2.45) is 11.5 Å². The molecule has 4 nitrogen and oxygen atoms in total. The van der Waals surface area contributed by atoms with Crippen molar-refractivity contribution in [3.05, 3.63) is 35.9 Å². The van der Waals surface area contributed by atoms with E-state index in [1.165, 1.54) is 0 Å². The molecule has 1 atom stereocenters. The first-order valence-electron chi connectivity index (χ1n) is 5.40. The summed E-state index contributed by atoms with van der Waals surface area (Å²) in [6, 6.07) is 8.96. The van der Waals surface area contributed by atoms with Crippen LogP contribution in [0.5, 0.6) is 0 Å². The number of halogens is 2. The molecule has 18 heavy (non-hydrogen) atoms. The molecule has 0 unspecified atom stereocenters. The van der Waals surface area contributed by atoms with Crippen molar-refractivity contribution in [2.45, 2.75) is 25.5 Å². The zero-order valence-corrected chi connectivity index (χ0v) is 11.7. The van der Waals surface area contributed by atoms with Crippen LogP contribution in [0.2, 0.25) is 0 Å². The van der Waals surface area contributed by atoms with Crippen LogP contribution in [0.4, 0.5) is 0 Å². The lowest BCUT2D eigenvalue weighted by atomic mass is 10.2. The third-order valence-electron chi connectivity index (χ3n) is 2.25. The summed E-state index contributed by atoms with van der Waals surface area (Å²) in [6.45, 7) is 0.815. The van der Waals surface area contributed by atoms with Gasteiger partial charge in [-0.3, -0.25) is 4.79 Å². The van der Waals surface area contributed by atoms with E-state index in [-0.39, 0.29) is 37.4 Å². The van der Waals surface area contributed by atoms with Crippen molar-refractivity contribution in [3.8, 4) is 0 Å². The van der Waals surface area contributed by atoms with Crippen LogP contribution in [-0.4, -0.2) is 18.6 Å². The molecular weight excluding hydrogens is 275 g/mol. The van der Waals surface area contributed by atoms with Crippen LogP contribution in [0.1, 0.15) is 18.4 Å². The number of hydrogen-bond acceptors (Lipinski definition) is 4. The predicted molar refractivity (Wildman–Crippen MR) is 77.0 cm³/mol. The smallest absolute Gasteiger partial charge is 0.323 e. The molecular formula is C12H20Cl2N2O2. The molecule has 0 saturated carbocycles. The van der Waals surface area contributed by atoms with Gasteiger partial charge in [-0.25, -0.2) is 0 Å². The summed E-state index contributed by atoms with van der Waals surface area (Å²) in [6.07, 6.45) is 1.31. The SMILES string of the molecule is Cl.Cl.NCCC[C@H](N)C(=O)OCc1ccccc1. The summed E-state index contributed by atoms with van der Waals surface area (Å²) in [4.78, 5) is 11.4. The predicted octanol–water partition coefficient (Wildman–Crippen LogP) is 1.64. The summed E-state index contributed by atoms with van der Waals surface area (Å²) < 4.78 is 5.08. The van der Waals surface area contributed by atoms with Gasteiger partial charge in [-0.05, 0) is 24.9 Å². The van der Waals surface area contributed by atoms with Crippen LogP contribution in [-0.2, 0) is 16.1 Å². The van der Waals surface area contributed by atoms with Crippen LogP contribution in [0.3, 0.4) is 0 Å². The first-order valence-corrected chi connectivity index (χ1v) is 5.40. The minimum absolute atomic E-state index is 0. The maximum Gasteiger partial charge on any atom is 0.323 e. The number of ether oxygens (including phenoxy) is 1. The monoisotopic (exact) mass is 294 g/mol. The molecule has 0 aliphatic rings. The van der Waals surface area contributed by atoms with E-state index >= 15 is 0 Å². The van der Waals surface area contributed by atoms with Gasteiger partial charge in [0.15, 0.2) is 0 Å². The Hall–Kier alpha value is -0.810. The summed E-state index contributed by atoms with van der Waals surface area (Å²) in [5.41, 5.74) is 11.9. The number of carbonyl (C=O) groups excluding carboxylic acids is 1. The first-order chi connectivity index (χ1) is 7.74. The first kappa shape index (κ1) is 19.5. The van der Waals surface area contributed by atoms with Gasteiger partial charge >= 0.3 is 5.97 Å². The fraction of sp³-hybridized carbons (Fsp3) is 0.417. The minimum atomic E-state index is -0.563. The van der Waals surface area contributed by atoms with Crippen molar-refractivity contribution >= 4 is 30.8 Å². The van der Waals surface area contributed by atoms with E-state index in [0.717, 1.165) is 12.0 Å². The van der Waals surface area contributed by atoms with E-state index in [1.54, 1.807) is 0 Å². The molecule has 0 aliphatic carbocycles. The van der Waals surface area contributed by atoms with Crippen LogP contribution < -0.4 is 11.5 Å². The number of nitrogens with two attached hydrogens (primary N) is 2. The quantitative estimate of drug-likeness (QED) is 0.782. The third-order valence-corrected chi connectivity index (χ3v) is 2.25. The molecule has 0 heterocycles. The van der Waals surface area contributed by atoms with E-state index in [2.05, 4.69) is 0 Å². The van der Waals surface area contributed by atoms with E-state index in [9.17, 15) is 4.79 Å². The largest absolute Gasteiger partial charge is 0.460 e. The topological polar surface area (TPSA) is 78.3 Å². The lowest BCUT2D eigenvalue weighted by Crippen LogP contribution is -2.32. The maximum atomic E-state index is 11.4. The summed E-state index contributed by atoms with van der Waals surface area (Å²) >= 11 is 0. The standard InChI is InChI=1S/C12H18N2O2.2ClH/c13-8-4-7-11(14)12(15)16-9-10-5-2-1-3-6-10;;/h1-3,5-6,11H,4,7-9,13-14H2;2*1H/t11-;;/m0../s1. The third kappa shape index (κ3) is 7.50. The number of carbonyl (C=O) groups is 1. The zero-order valence-electron chi connectivity index (χ0n) is 10.1. The van der Waals surface area contributed by atoms with Gasteiger partial charge < -0.3 is 16.2 Å². The fourth-order valence-corrected chi connectivity index (χ4v) is 1.29. The summed E-state index contributed by atoms with van der Waals surface area (Å²) in [7, 11) is 0. The average molecular weight is 295 g/mol. The summed E-state index contributed by atoms with van der Waals surface area (Å²) in [5, 5.41) is 0. The van der Waals surface area contributed by atoms with Crippen molar-refractivity contribution in [1.82, 2.24) is 0 Å². The van der Waals surface area contributed by atoms with Crippen LogP contribution in [0.15, 0.2) is 30.3 Å². The second-order valence-corrected chi connectivity index (χ2v) is 3.63. The highest BCUT2D eigenvalue weighted by Gasteiger charge is 2.13. The Kier molecular flexibility index (Phi) is 12.2. The highest BCUT2D eigenvalue weighted by atomic mass is 35.5. The zero-order chi connectivity index (χ0) is 11.8. The van der Waals surface area contributed by atoms with Gasteiger partial charge in [0, 0.05) is 0 Å². The maximum absolute atomic E-state index is 11.4. The van der Waals surface area contributed by atoms with Gasteiger partial charge in [-0.15, -0.1) is 24.8 Å². The normalized spacial score (nSPS) is 10.8. The van der Waals surface area contributed by atoms with Crippen molar-refractivity contribution < 1.29 is 9.53 Å². The second kappa shape index (κ2) is 11.3. The van der Waals surface area contributed by atoms with Gasteiger partial charge in [-0.1, -0.05) is 30.3 Å². The average Bonchev–Trinajstić information content (AvgIpc) is 2.34. The molecule has 1 aromatic carbocycles. The van der Waals surface area contributed by atoms with E-state index in [4.69, 9.17) is 16.2 Å². The van der Waals surface area contributed by atoms with Crippen molar-refractivity contribution in [2.75, 3.05) is 6.54 Å². The fourth-order valence-electron chi connectivity index (χ4n) is 1.29. The molecule has 0 fully saturated rings. The highest BCUT2D eigenvalue weighted by molar-refractivity contribution is 5.85. The molecule has 0 radical (unpaired) electrons. The lowest BCUT2D eigenvalue weighted by Gasteiger charge is -2.10. The Morgan fingerprint density at radius 3 is 2.39 bits per heavy atom. The molecule has 0 aliphatic heterocycles. The Morgan fingerprint density at radius 1 is 1.22 bits per heavy atom. The highest BCUT2D eigenvalue weighted by Crippen LogP contribution is 2.03. The second-order valence-electron chi connectivity index (χ2n) is 3.63. The lowest BCUT2D eigenvalue weighted by molar-refractivity contribution is -0.146. The van der Waals surface area contributed by atoms with Gasteiger partial charge in [-0.2, -0.15) is 0 Å². The Morgan fingerprint density at radius 2 is 1.83 bits per heavy atom. The van der Waals surface area contributed by atoms with Gasteiger partial charge in [0.2, 0.25) is 0 Å². The van der Waals surface area contributed by atoms with Gasteiger partial charge in [0.1, 0.15) is 12.6 Å². The molecule has 0 amide bonds. The summed E-state index contributed by atoms with van der Waals surface area (Å²) in [5.74, 6) is -0.364. The molecule has 1 rings (SSSR count). The van der Waals surface area contributed by atoms with E-state index in [0.29, 0.717) is 13.0 Å². The molecule has 0 aromatic heterocycles. The number of esters is 1. The molecule has 4 N–H and O–H groups in total. The van der Waals surface area contributed by atoms with E-state index in [1.807, 2.05) is 30.3 Å². The van der Waals surface area contributed by atoms with Crippen LogP contribution in [0.25, 0.3) is 0 Å². The van der Waals surface area contributed by atoms with Crippen LogP contribution >= 0.6 is 24.8 Å². The van der Waals surface area contributed by atoms with Crippen molar-refractivity contribution in [3.63, 3.8) is 0 Å². The Balaban J connectivity index is 0. The number of hydrogen-bond donors (Lipinski definition) is 2. The Bertz CT molecular complexity index is 323. The van der Waals surface area contributed by atoms with E-state index < -0.39 is 6.04 Å². The van der Waals surface area contributed by atoms with Crippen molar-refractivity contribution in [1.29, 1.82) is 0 Å². The van der Waals surface area contributed by atoms with Gasteiger partial charge in [0.25, 0.3) is 0 Å². The minimum Gasteiger partial charge on any atom is -0.460 e.